The zero-order valence-electron chi connectivity index (χ0n) is 17.0. The Morgan fingerprint density at radius 3 is 2.63 bits per heavy atom. The van der Waals surface area contributed by atoms with Crippen molar-refractivity contribution in [2.45, 2.75) is 70.9 Å². The molecule has 1 heterocycles. The summed E-state index contributed by atoms with van der Waals surface area (Å²) in [6, 6.07) is 2.54. The number of rotatable bonds is 9. The van der Waals surface area contributed by atoms with Crippen LogP contribution in [0.5, 0.6) is 0 Å². The van der Waals surface area contributed by atoms with Gasteiger partial charge in [0.15, 0.2) is 0 Å². The maximum absolute atomic E-state index is 12.0. The largest absolute Gasteiger partial charge is 0.465 e. The Labute approximate surface area is 163 Å². The molecule has 0 amide bonds. The summed E-state index contributed by atoms with van der Waals surface area (Å²) in [4.78, 5) is 16.4. The molecule has 152 valence electrons. The number of ether oxygens (including phenoxy) is 1. The average Bonchev–Trinajstić information content (AvgIpc) is 2.96. The van der Waals surface area contributed by atoms with Gasteiger partial charge in [0, 0.05) is 37.4 Å². The van der Waals surface area contributed by atoms with Crippen molar-refractivity contribution in [2.75, 3.05) is 25.6 Å². The number of carbonyl (C=O) groups excluding carboxylic acids is 1. The molecule has 2 unspecified atom stereocenters. The van der Waals surface area contributed by atoms with Crippen molar-refractivity contribution in [3.05, 3.63) is 23.4 Å². The molecule has 0 spiro atoms. The molecular formula is C21H35N3O3. The van der Waals surface area contributed by atoms with Gasteiger partial charge in [-0.1, -0.05) is 32.6 Å². The number of esters is 1. The van der Waals surface area contributed by atoms with Crippen LogP contribution in [0.2, 0.25) is 0 Å². The molecule has 0 aliphatic heterocycles. The average molecular weight is 378 g/mol. The highest BCUT2D eigenvalue weighted by Crippen LogP contribution is 2.21. The molecule has 1 saturated carbocycles. The van der Waals surface area contributed by atoms with E-state index in [4.69, 9.17) is 4.74 Å². The van der Waals surface area contributed by atoms with E-state index in [0.29, 0.717) is 24.0 Å². The Kier molecular flexibility index (Phi) is 9.01. The Balaban J connectivity index is 2.01. The lowest BCUT2D eigenvalue weighted by Crippen LogP contribution is -2.45. The summed E-state index contributed by atoms with van der Waals surface area (Å²) < 4.78 is 4.87. The van der Waals surface area contributed by atoms with E-state index in [2.05, 4.69) is 22.5 Å². The van der Waals surface area contributed by atoms with Gasteiger partial charge < -0.3 is 20.5 Å². The number of aliphatic hydroxyl groups excluding tert-OH is 1. The standard InChI is InChI=1S/C21H35N3O3/c1-4-19(24-17-9-7-5-6-8-10-17)16(14-25)13-23-20-18(21(26)27-3)11-15(2)12-22-20/h11-12,16-17,19,24-25H,4-10,13-14H2,1-3H3,(H,22,23). The third-order valence-electron chi connectivity index (χ3n) is 5.51. The molecule has 27 heavy (non-hydrogen) atoms. The van der Waals surface area contributed by atoms with Crippen LogP contribution in [0.25, 0.3) is 0 Å². The van der Waals surface area contributed by atoms with Gasteiger partial charge in [-0.25, -0.2) is 9.78 Å². The summed E-state index contributed by atoms with van der Waals surface area (Å²) >= 11 is 0. The number of methoxy groups -OCH3 is 1. The highest BCUT2D eigenvalue weighted by molar-refractivity contribution is 5.94. The van der Waals surface area contributed by atoms with E-state index < -0.39 is 5.97 Å². The van der Waals surface area contributed by atoms with Gasteiger partial charge in [-0.15, -0.1) is 0 Å². The van der Waals surface area contributed by atoms with Gasteiger partial charge in [0.2, 0.25) is 0 Å². The predicted molar refractivity (Wildman–Crippen MR) is 108 cm³/mol. The smallest absolute Gasteiger partial charge is 0.341 e. The molecule has 0 saturated heterocycles. The zero-order valence-corrected chi connectivity index (χ0v) is 17.0. The fraction of sp³-hybridized carbons (Fsp3) is 0.714. The first kappa shape index (κ1) is 21.6. The Morgan fingerprint density at radius 2 is 2.04 bits per heavy atom. The molecule has 1 aromatic rings. The molecule has 6 nitrogen and oxygen atoms in total. The SMILES string of the molecule is CCC(NC1CCCCCC1)C(CO)CNc1ncc(C)cc1C(=O)OC. The molecule has 1 aliphatic rings. The van der Waals surface area contributed by atoms with Crippen molar-refractivity contribution >= 4 is 11.8 Å². The minimum atomic E-state index is -0.405. The highest BCUT2D eigenvalue weighted by Gasteiger charge is 2.24. The first-order chi connectivity index (χ1) is 13.1. The summed E-state index contributed by atoms with van der Waals surface area (Å²) in [6.45, 7) is 4.68. The van der Waals surface area contributed by atoms with E-state index in [0.717, 1.165) is 12.0 Å². The predicted octanol–water partition coefficient (Wildman–Crippen LogP) is 3.29. The number of aryl methyl sites for hydroxylation is 1. The van der Waals surface area contributed by atoms with Gasteiger partial charge >= 0.3 is 5.97 Å². The van der Waals surface area contributed by atoms with Crippen LogP contribution in [0.3, 0.4) is 0 Å². The number of hydrogen-bond acceptors (Lipinski definition) is 6. The van der Waals surface area contributed by atoms with E-state index in [1.165, 1.54) is 45.6 Å². The molecule has 2 rings (SSSR count). The fourth-order valence-corrected chi connectivity index (χ4v) is 3.87. The molecular weight excluding hydrogens is 342 g/mol. The van der Waals surface area contributed by atoms with E-state index in [-0.39, 0.29) is 18.6 Å². The van der Waals surface area contributed by atoms with E-state index >= 15 is 0 Å². The van der Waals surface area contributed by atoms with Gasteiger partial charge in [-0.05, 0) is 37.8 Å². The maximum atomic E-state index is 12.0. The van der Waals surface area contributed by atoms with E-state index in [1.807, 2.05) is 6.92 Å². The van der Waals surface area contributed by atoms with Crippen molar-refractivity contribution in [2.24, 2.45) is 5.92 Å². The van der Waals surface area contributed by atoms with Crippen molar-refractivity contribution in [1.82, 2.24) is 10.3 Å². The number of nitrogens with zero attached hydrogens (tertiary/aromatic N) is 1. The number of hydrogen-bond donors (Lipinski definition) is 3. The summed E-state index contributed by atoms with van der Waals surface area (Å²) in [5.74, 6) is 0.153. The van der Waals surface area contributed by atoms with Crippen LogP contribution in [0, 0.1) is 12.8 Å². The number of aromatic nitrogens is 1. The van der Waals surface area contributed by atoms with Crippen molar-refractivity contribution in [3.63, 3.8) is 0 Å². The molecule has 2 atom stereocenters. The first-order valence-corrected chi connectivity index (χ1v) is 10.2. The van der Waals surface area contributed by atoms with Crippen LogP contribution in [0.1, 0.15) is 67.8 Å². The van der Waals surface area contributed by atoms with Gasteiger partial charge in [-0.3, -0.25) is 0 Å². The van der Waals surface area contributed by atoms with Crippen LogP contribution in [-0.2, 0) is 4.74 Å². The van der Waals surface area contributed by atoms with Gasteiger partial charge in [0.05, 0.1) is 7.11 Å². The van der Waals surface area contributed by atoms with Crippen LogP contribution >= 0.6 is 0 Å². The molecule has 1 aromatic heterocycles. The second-order valence-corrected chi connectivity index (χ2v) is 7.59. The lowest BCUT2D eigenvalue weighted by Gasteiger charge is -2.30. The summed E-state index contributed by atoms with van der Waals surface area (Å²) in [6.07, 6.45) is 10.3. The molecule has 1 fully saturated rings. The number of carbonyl (C=O) groups is 1. The van der Waals surface area contributed by atoms with Gasteiger partial charge in [-0.2, -0.15) is 0 Å². The van der Waals surface area contributed by atoms with Crippen LogP contribution in [0.4, 0.5) is 5.82 Å². The molecule has 0 bridgehead atoms. The first-order valence-electron chi connectivity index (χ1n) is 10.2. The van der Waals surface area contributed by atoms with Crippen molar-refractivity contribution in [1.29, 1.82) is 0 Å². The third-order valence-corrected chi connectivity index (χ3v) is 5.51. The number of aliphatic hydroxyl groups is 1. The number of anilines is 1. The lowest BCUT2D eigenvalue weighted by atomic mass is 9.95. The maximum Gasteiger partial charge on any atom is 0.341 e. The topological polar surface area (TPSA) is 83.5 Å². The molecule has 0 radical (unpaired) electrons. The Morgan fingerprint density at radius 1 is 1.33 bits per heavy atom. The minimum Gasteiger partial charge on any atom is -0.465 e. The van der Waals surface area contributed by atoms with Crippen LogP contribution < -0.4 is 10.6 Å². The second kappa shape index (κ2) is 11.2. The number of nitrogens with one attached hydrogen (secondary N) is 2. The molecule has 6 heteroatoms. The van der Waals surface area contributed by atoms with E-state index in [1.54, 1.807) is 12.3 Å². The Hall–Kier alpha value is -1.66. The fourth-order valence-electron chi connectivity index (χ4n) is 3.87. The summed E-state index contributed by atoms with van der Waals surface area (Å²) in [5.41, 5.74) is 1.33. The monoisotopic (exact) mass is 377 g/mol. The van der Waals surface area contributed by atoms with Gasteiger partial charge in [0.1, 0.15) is 11.4 Å². The quantitative estimate of drug-likeness (QED) is 0.452. The second-order valence-electron chi connectivity index (χ2n) is 7.59. The van der Waals surface area contributed by atoms with Crippen LogP contribution in [0.15, 0.2) is 12.3 Å². The Bertz CT molecular complexity index is 586. The van der Waals surface area contributed by atoms with Crippen LogP contribution in [-0.4, -0.2) is 48.4 Å². The molecule has 1 aliphatic carbocycles. The zero-order chi connectivity index (χ0) is 19.6. The summed E-state index contributed by atoms with van der Waals surface area (Å²) in [5, 5.41) is 17.0. The minimum absolute atomic E-state index is 0.0480. The van der Waals surface area contributed by atoms with E-state index in [9.17, 15) is 9.90 Å². The van der Waals surface area contributed by atoms with Crippen molar-refractivity contribution < 1.29 is 14.6 Å². The lowest BCUT2D eigenvalue weighted by molar-refractivity contribution is 0.0601. The molecule has 3 N–H and O–H groups in total. The summed E-state index contributed by atoms with van der Waals surface area (Å²) in [7, 11) is 1.37. The molecule has 0 aromatic carbocycles. The third kappa shape index (κ3) is 6.47. The van der Waals surface area contributed by atoms with Crippen molar-refractivity contribution in [3.8, 4) is 0 Å². The highest BCUT2D eigenvalue weighted by atomic mass is 16.5. The normalized spacial score (nSPS) is 17.8. The number of pyridine rings is 1. The van der Waals surface area contributed by atoms with Gasteiger partial charge in [0.25, 0.3) is 0 Å².